The molecule has 0 saturated heterocycles. The predicted octanol–water partition coefficient (Wildman–Crippen LogP) is 3.32. The molecule has 7 heteroatoms. The highest BCUT2D eigenvalue weighted by atomic mass is 79.9. The number of halogens is 2. The first-order valence-corrected chi connectivity index (χ1v) is 8.78. The van der Waals surface area contributed by atoms with Crippen molar-refractivity contribution in [2.75, 3.05) is 6.61 Å². The van der Waals surface area contributed by atoms with Crippen molar-refractivity contribution in [3.63, 3.8) is 0 Å². The van der Waals surface area contributed by atoms with Crippen LogP contribution in [0.15, 0.2) is 27.1 Å². The molecule has 0 aliphatic heterocycles. The molecule has 0 spiro atoms. The van der Waals surface area contributed by atoms with Crippen LogP contribution in [-0.2, 0) is 9.59 Å². The van der Waals surface area contributed by atoms with Crippen molar-refractivity contribution in [1.29, 1.82) is 0 Å². The van der Waals surface area contributed by atoms with Crippen LogP contribution in [-0.4, -0.2) is 18.4 Å². The maximum absolute atomic E-state index is 11.7. The molecule has 1 aliphatic rings. The van der Waals surface area contributed by atoms with Crippen LogP contribution in [0.25, 0.3) is 0 Å². The van der Waals surface area contributed by atoms with Gasteiger partial charge in [-0.3, -0.25) is 20.4 Å². The molecular weight excluding hydrogens is 416 g/mol. The second-order valence-corrected chi connectivity index (χ2v) is 7.08. The molecule has 1 aromatic rings. The van der Waals surface area contributed by atoms with E-state index < -0.39 is 5.91 Å². The number of carbonyl (C=O) groups is 2. The fourth-order valence-corrected chi connectivity index (χ4v) is 3.60. The van der Waals surface area contributed by atoms with Crippen LogP contribution >= 0.6 is 31.9 Å². The zero-order chi connectivity index (χ0) is 15.9. The normalized spacial score (nSPS) is 14.6. The van der Waals surface area contributed by atoms with Crippen LogP contribution in [0.5, 0.6) is 5.75 Å². The van der Waals surface area contributed by atoms with E-state index in [0.29, 0.717) is 18.1 Å². The minimum atomic E-state index is -0.394. The van der Waals surface area contributed by atoms with Crippen LogP contribution in [0.2, 0.25) is 0 Å². The summed E-state index contributed by atoms with van der Waals surface area (Å²) in [5.74, 6) is 0.474. The van der Waals surface area contributed by atoms with Crippen LogP contribution in [0.4, 0.5) is 0 Å². The lowest BCUT2D eigenvalue weighted by Crippen LogP contribution is -2.44. The third kappa shape index (κ3) is 5.61. The number of carbonyl (C=O) groups excluding carboxylic acids is 2. The molecule has 0 bridgehead atoms. The number of nitrogens with one attached hydrogen (secondary N) is 2. The Balaban J connectivity index is 1.68. The van der Waals surface area contributed by atoms with Gasteiger partial charge in [-0.1, -0.05) is 28.8 Å². The summed E-state index contributed by atoms with van der Waals surface area (Å²) in [4.78, 5) is 23.4. The summed E-state index contributed by atoms with van der Waals surface area (Å²) in [6, 6.07) is 5.40. The maximum atomic E-state index is 11.7. The lowest BCUT2D eigenvalue weighted by atomic mass is 10.0. The Hall–Kier alpha value is -1.08. The molecule has 120 valence electrons. The van der Waals surface area contributed by atoms with E-state index in [0.717, 1.165) is 21.8 Å². The van der Waals surface area contributed by atoms with Gasteiger partial charge in [0.25, 0.3) is 5.91 Å². The minimum absolute atomic E-state index is 0.148. The monoisotopic (exact) mass is 432 g/mol. The topological polar surface area (TPSA) is 67.4 Å². The van der Waals surface area contributed by atoms with Gasteiger partial charge in [-0.25, -0.2) is 0 Å². The molecule has 2 N–H and O–H groups in total. The first-order valence-electron chi connectivity index (χ1n) is 7.20. The summed E-state index contributed by atoms with van der Waals surface area (Å²) in [5, 5.41) is 0. The second kappa shape index (κ2) is 8.53. The van der Waals surface area contributed by atoms with E-state index in [9.17, 15) is 9.59 Å². The van der Waals surface area contributed by atoms with Crippen LogP contribution in [0.3, 0.4) is 0 Å². The van der Waals surface area contributed by atoms with Gasteiger partial charge in [-0.15, -0.1) is 0 Å². The van der Waals surface area contributed by atoms with Crippen molar-refractivity contribution in [2.45, 2.75) is 32.1 Å². The molecule has 0 heterocycles. The number of hydrogen-bond acceptors (Lipinski definition) is 3. The first kappa shape index (κ1) is 17.3. The Morgan fingerprint density at radius 1 is 1.14 bits per heavy atom. The van der Waals surface area contributed by atoms with E-state index in [1.54, 1.807) is 6.07 Å². The highest BCUT2D eigenvalue weighted by molar-refractivity contribution is 9.11. The van der Waals surface area contributed by atoms with Crippen molar-refractivity contribution in [3.05, 3.63) is 27.1 Å². The largest absolute Gasteiger partial charge is 0.483 e. The van der Waals surface area contributed by atoms with E-state index >= 15 is 0 Å². The van der Waals surface area contributed by atoms with Crippen molar-refractivity contribution >= 4 is 43.7 Å². The lowest BCUT2D eigenvalue weighted by molar-refractivity contribution is -0.130. The third-order valence-corrected chi connectivity index (χ3v) is 4.66. The number of hydrazine groups is 1. The molecule has 22 heavy (non-hydrogen) atoms. The van der Waals surface area contributed by atoms with Gasteiger partial charge in [-0.2, -0.15) is 0 Å². The predicted molar refractivity (Wildman–Crippen MR) is 90.2 cm³/mol. The standard InChI is InChI=1S/C15H18Br2N2O3/c16-11-5-6-13(12(17)8-11)22-9-15(21)19-18-14(20)7-10-3-1-2-4-10/h5-6,8,10H,1-4,7,9H2,(H,18,20)(H,19,21). The molecule has 0 radical (unpaired) electrons. The summed E-state index contributed by atoms with van der Waals surface area (Å²) in [5.41, 5.74) is 4.80. The minimum Gasteiger partial charge on any atom is -0.483 e. The van der Waals surface area contributed by atoms with Gasteiger partial charge < -0.3 is 4.74 Å². The Labute approximate surface area is 146 Å². The van der Waals surface area contributed by atoms with E-state index in [4.69, 9.17) is 4.74 Å². The van der Waals surface area contributed by atoms with Crippen molar-refractivity contribution < 1.29 is 14.3 Å². The average Bonchev–Trinajstić information content (AvgIpc) is 2.97. The molecule has 1 saturated carbocycles. The number of hydrogen-bond donors (Lipinski definition) is 2. The Kier molecular flexibility index (Phi) is 6.70. The van der Waals surface area contributed by atoms with E-state index in [1.165, 1.54) is 12.8 Å². The van der Waals surface area contributed by atoms with Gasteiger partial charge in [0.15, 0.2) is 6.61 Å². The van der Waals surface area contributed by atoms with Gasteiger partial charge in [0.05, 0.1) is 4.47 Å². The van der Waals surface area contributed by atoms with Crippen LogP contribution < -0.4 is 15.6 Å². The van der Waals surface area contributed by atoms with Gasteiger partial charge in [0.1, 0.15) is 5.75 Å². The molecular formula is C15H18Br2N2O3. The van der Waals surface area contributed by atoms with Crippen molar-refractivity contribution in [1.82, 2.24) is 10.9 Å². The van der Waals surface area contributed by atoms with Gasteiger partial charge >= 0.3 is 0 Å². The van der Waals surface area contributed by atoms with E-state index in [-0.39, 0.29) is 12.5 Å². The fraction of sp³-hybridized carbons (Fsp3) is 0.467. The number of benzene rings is 1. The molecule has 2 rings (SSSR count). The summed E-state index contributed by atoms with van der Waals surface area (Å²) in [6.45, 7) is -0.163. The molecule has 1 aliphatic carbocycles. The summed E-state index contributed by atoms with van der Waals surface area (Å²) >= 11 is 6.69. The molecule has 5 nitrogen and oxygen atoms in total. The summed E-state index contributed by atoms with van der Waals surface area (Å²) in [7, 11) is 0. The quantitative estimate of drug-likeness (QED) is 0.700. The molecule has 2 amide bonds. The van der Waals surface area contributed by atoms with Crippen LogP contribution in [0.1, 0.15) is 32.1 Å². The summed E-state index contributed by atoms with van der Waals surface area (Å²) < 4.78 is 7.05. The van der Waals surface area contributed by atoms with Crippen molar-refractivity contribution in [2.24, 2.45) is 5.92 Å². The first-order chi connectivity index (χ1) is 10.5. The Morgan fingerprint density at radius 3 is 2.50 bits per heavy atom. The number of ether oxygens (including phenoxy) is 1. The zero-order valence-electron chi connectivity index (χ0n) is 12.0. The van der Waals surface area contributed by atoms with Crippen molar-refractivity contribution in [3.8, 4) is 5.75 Å². The SMILES string of the molecule is O=C(COc1ccc(Br)cc1Br)NNC(=O)CC1CCCC1. The number of rotatable bonds is 5. The Bertz CT molecular complexity index is 546. The van der Waals surface area contributed by atoms with Gasteiger partial charge in [0, 0.05) is 10.9 Å². The highest BCUT2D eigenvalue weighted by Gasteiger charge is 2.18. The molecule has 1 aromatic carbocycles. The Morgan fingerprint density at radius 2 is 1.82 bits per heavy atom. The smallest absolute Gasteiger partial charge is 0.276 e. The van der Waals surface area contributed by atoms with Gasteiger partial charge in [-0.05, 0) is 52.9 Å². The van der Waals surface area contributed by atoms with E-state index in [2.05, 4.69) is 42.7 Å². The summed E-state index contributed by atoms with van der Waals surface area (Å²) in [6.07, 6.45) is 5.06. The second-order valence-electron chi connectivity index (χ2n) is 5.31. The molecule has 0 atom stereocenters. The average molecular weight is 434 g/mol. The lowest BCUT2D eigenvalue weighted by Gasteiger charge is -2.11. The fourth-order valence-electron chi connectivity index (χ4n) is 2.44. The third-order valence-electron chi connectivity index (χ3n) is 3.54. The maximum Gasteiger partial charge on any atom is 0.276 e. The molecule has 0 aromatic heterocycles. The molecule has 1 fully saturated rings. The van der Waals surface area contributed by atoms with Gasteiger partial charge in [0.2, 0.25) is 5.91 Å². The van der Waals surface area contributed by atoms with Crippen LogP contribution in [0, 0.1) is 5.92 Å². The van der Waals surface area contributed by atoms with E-state index in [1.807, 2.05) is 12.1 Å². The molecule has 0 unspecified atom stereocenters. The number of amides is 2. The highest BCUT2D eigenvalue weighted by Crippen LogP contribution is 2.28. The zero-order valence-corrected chi connectivity index (χ0v) is 15.2.